The van der Waals surface area contributed by atoms with Gasteiger partial charge in [0.25, 0.3) is 0 Å². The Hall–Kier alpha value is -1.16. The lowest BCUT2D eigenvalue weighted by Gasteiger charge is -2.24. The van der Waals surface area contributed by atoms with Crippen molar-refractivity contribution in [1.29, 1.82) is 0 Å². The van der Waals surface area contributed by atoms with Gasteiger partial charge in [0, 0.05) is 24.2 Å². The summed E-state index contributed by atoms with van der Waals surface area (Å²) in [5.74, 6) is 1.97. The Labute approximate surface area is 110 Å². The van der Waals surface area contributed by atoms with Crippen molar-refractivity contribution in [2.45, 2.75) is 52.0 Å². The van der Waals surface area contributed by atoms with Crippen molar-refractivity contribution in [2.75, 3.05) is 18.4 Å². The van der Waals surface area contributed by atoms with Gasteiger partial charge >= 0.3 is 0 Å². The van der Waals surface area contributed by atoms with E-state index in [2.05, 4.69) is 40.5 Å². The first-order valence-electron chi connectivity index (χ1n) is 7.16. The number of piperidine rings is 1. The molecule has 1 aromatic heterocycles. The number of nitrogens with one attached hydrogen (secondary N) is 2. The van der Waals surface area contributed by atoms with Crippen LogP contribution in [0.1, 0.15) is 44.6 Å². The van der Waals surface area contributed by atoms with E-state index in [1.54, 1.807) is 0 Å². The molecule has 1 saturated heterocycles. The molecule has 0 spiro atoms. The van der Waals surface area contributed by atoms with E-state index in [0.717, 1.165) is 44.0 Å². The van der Waals surface area contributed by atoms with E-state index in [1.165, 1.54) is 18.5 Å². The predicted molar refractivity (Wildman–Crippen MR) is 74.9 cm³/mol. The number of aryl methyl sites for hydroxylation is 2. The molecule has 18 heavy (non-hydrogen) atoms. The van der Waals surface area contributed by atoms with Crippen LogP contribution in [0.25, 0.3) is 0 Å². The van der Waals surface area contributed by atoms with Gasteiger partial charge in [-0.05, 0) is 32.4 Å². The van der Waals surface area contributed by atoms with Gasteiger partial charge in [-0.15, -0.1) is 0 Å². The van der Waals surface area contributed by atoms with E-state index >= 15 is 0 Å². The summed E-state index contributed by atoms with van der Waals surface area (Å²) in [4.78, 5) is 9.16. The first-order valence-corrected chi connectivity index (χ1v) is 7.16. The van der Waals surface area contributed by atoms with E-state index in [1.807, 2.05) is 0 Å². The molecule has 4 nitrogen and oxygen atoms in total. The maximum atomic E-state index is 4.59. The van der Waals surface area contributed by atoms with Crippen molar-refractivity contribution in [1.82, 2.24) is 15.3 Å². The van der Waals surface area contributed by atoms with Crippen LogP contribution in [-0.4, -0.2) is 29.1 Å². The molecule has 0 aliphatic carbocycles. The number of nitrogens with zero attached hydrogens (tertiary/aromatic N) is 2. The van der Waals surface area contributed by atoms with Crippen LogP contribution in [-0.2, 0) is 12.8 Å². The molecule has 0 saturated carbocycles. The molecule has 2 heterocycles. The lowest BCUT2D eigenvalue weighted by molar-refractivity contribution is 0.478. The van der Waals surface area contributed by atoms with Gasteiger partial charge in [-0.2, -0.15) is 0 Å². The van der Waals surface area contributed by atoms with Crippen molar-refractivity contribution in [3.63, 3.8) is 0 Å². The molecule has 0 amide bonds. The van der Waals surface area contributed by atoms with Crippen molar-refractivity contribution in [2.24, 2.45) is 0 Å². The van der Waals surface area contributed by atoms with Crippen molar-refractivity contribution >= 4 is 5.82 Å². The Bertz CT molecular complexity index is 372. The third-order valence-electron chi connectivity index (χ3n) is 3.34. The van der Waals surface area contributed by atoms with Gasteiger partial charge in [-0.3, -0.25) is 0 Å². The third-order valence-corrected chi connectivity index (χ3v) is 3.34. The summed E-state index contributed by atoms with van der Waals surface area (Å²) in [6.07, 6.45) is 5.42. The van der Waals surface area contributed by atoms with E-state index < -0.39 is 0 Å². The van der Waals surface area contributed by atoms with Crippen molar-refractivity contribution in [3.8, 4) is 0 Å². The minimum atomic E-state index is 0.556. The molecule has 1 fully saturated rings. The van der Waals surface area contributed by atoms with Crippen LogP contribution in [0.4, 0.5) is 5.82 Å². The lowest BCUT2D eigenvalue weighted by Crippen LogP contribution is -2.35. The molecule has 2 rings (SSSR count). The average molecular weight is 248 g/mol. The molecule has 0 radical (unpaired) electrons. The standard InChI is InChI=1S/C14H24N4/c1-3-5-12-10-14(18-13(4-2)17-12)16-11-6-8-15-9-7-11/h10-11,15H,3-9H2,1-2H3,(H,16,17,18). The first-order chi connectivity index (χ1) is 8.81. The monoisotopic (exact) mass is 248 g/mol. The molecular formula is C14H24N4. The SMILES string of the molecule is CCCc1cc(NC2CCNCC2)nc(CC)n1. The smallest absolute Gasteiger partial charge is 0.130 e. The molecule has 100 valence electrons. The highest BCUT2D eigenvalue weighted by molar-refractivity contribution is 5.37. The second-order valence-corrected chi connectivity index (χ2v) is 4.93. The van der Waals surface area contributed by atoms with Gasteiger partial charge < -0.3 is 10.6 Å². The van der Waals surface area contributed by atoms with Gasteiger partial charge in [-0.1, -0.05) is 20.3 Å². The maximum absolute atomic E-state index is 4.59. The zero-order chi connectivity index (χ0) is 12.8. The van der Waals surface area contributed by atoms with Crippen LogP contribution in [0.5, 0.6) is 0 Å². The van der Waals surface area contributed by atoms with Crippen molar-refractivity contribution in [3.05, 3.63) is 17.6 Å². The van der Waals surface area contributed by atoms with Crippen molar-refractivity contribution < 1.29 is 0 Å². The number of aromatic nitrogens is 2. The van der Waals surface area contributed by atoms with Gasteiger partial charge in [-0.25, -0.2) is 9.97 Å². The van der Waals surface area contributed by atoms with E-state index in [9.17, 15) is 0 Å². The van der Waals surface area contributed by atoms with Gasteiger partial charge in [0.1, 0.15) is 11.6 Å². The number of hydrogen-bond donors (Lipinski definition) is 2. The van der Waals surface area contributed by atoms with Crippen LogP contribution in [0.2, 0.25) is 0 Å². The van der Waals surface area contributed by atoms with Gasteiger partial charge in [0.05, 0.1) is 0 Å². The lowest BCUT2D eigenvalue weighted by atomic mass is 10.1. The number of hydrogen-bond acceptors (Lipinski definition) is 4. The summed E-state index contributed by atoms with van der Waals surface area (Å²) in [6, 6.07) is 2.67. The third kappa shape index (κ3) is 3.67. The fourth-order valence-electron chi connectivity index (χ4n) is 2.34. The van der Waals surface area contributed by atoms with Crippen LogP contribution in [0.15, 0.2) is 6.07 Å². The molecule has 2 N–H and O–H groups in total. The topological polar surface area (TPSA) is 49.8 Å². The minimum Gasteiger partial charge on any atom is -0.367 e. The normalized spacial score (nSPS) is 16.8. The second-order valence-electron chi connectivity index (χ2n) is 4.93. The van der Waals surface area contributed by atoms with Crippen LogP contribution < -0.4 is 10.6 Å². The molecule has 1 aliphatic heterocycles. The number of rotatable bonds is 5. The largest absolute Gasteiger partial charge is 0.367 e. The Morgan fingerprint density at radius 2 is 2.06 bits per heavy atom. The quantitative estimate of drug-likeness (QED) is 0.838. The van der Waals surface area contributed by atoms with E-state index in [-0.39, 0.29) is 0 Å². The Morgan fingerprint density at radius 3 is 2.72 bits per heavy atom. The highest BCUT2D eigenvalue weighted by Gasteiger charge is 2.13. The van der Waals surface area contributed by atoms with Crippen LogP contribution >= 0.6 is 0 Å². The summed E-state index contributed by atoms with van der Waals surface area (Å²) >= 11 is 0. The van der Waals surface area contributed by atoms with Crippen LogP contribution in [0.3, 0.4) is 0 Å². The summed E-state index contributed by atoms with van der Waals surface area (Å²) in [5.41, 5.74) is 1.17. The Morgan fingerprint density at radius 1 is 1.28 bits per heavy atom. The summed E-state index contributed by atoms with van der Waals surface area (Å²) < 4.78 is 0. The van der Waals surface area contributed by atoms with Crippen LogP contribution in [0, 0.1) is 0 Å². The zero-order valence-electron chi connectivity index (χ0n) is 11.5. The summed E-state index contributed by atoms with van der Waals surface area (Å²) in [7, 11) is 0. The molecular weight excluding hydrogens is 224 g/mol. The molecule has 0 atom stereocenters. The number of anilines is 1. The molecule has 0 unspecified atom stereocenters. The predicted octanol–water partition coefficient (Wildman–Crippen LogP) is 2.16. The van der Waals surface area contributed by atoms with Gasteiger partial charge in [0.15, 0.2) is 0 Å². The average Bonchev–Trinajstić information content (AvgIpc) is 2.40. The molecule has 4 heteroatoms. The molecule has 0 bridgehead atoms. The highest BCUT2D eigenvalue weighted by atomic mass is 15.1. The second kappa shape index (κ2) is 6.69. The fourth-order valence-corrected chi connectivity index (χ4v) is 2.34. The molecule has 1 aliphatic rings. The highest BCUT2D eigenvalue weighted by Crippen LogP contribution is 2.14. The van der Waals surface area contributed by atoms with E-state index in [4.69, 9.17) is 0 Å². The minimum absolute atomic E-state index is 0.556. The molecule has 0 aromatic carbocycles. The van der Waals surface area contributed by atoms with E-state index in [0.29, 0.717) is 6.04 Å². The fraction of sp³-hybridized carbons (Fsp3) is 0.714. The molecule has 1 aromatic rings. The van der Waals surface area contributed by atoms with Gasteiger partial charge in [0.2, 0.25) is 0 Å². The Balaban J connectivity index is 2.07. The summed E-state index contributed by atoms with van der Waals surface area (Å²) in [5, 5.41) is 6.95. The zero-order valence-corrected chi connectivity index (χ0v) is 11.5. The first kappa shape index (κ1) is 13.3. The summed E-state index contributed by atoms with van der Waals surface area (Å²) in [6.45, 7) is 6.50. The maximum Gasteiger partial charge on any atom is 0.130 e. The Kier molecular flexibility index (Phi) is 4.93.